The predicted molar refractivity (Wildman–Crippen MR) is 106 cm³/mol. The molecule has 0 radical (unpaired) electrons. The summed E-state index contributed by atoms with van der Waals surface area (Å²) in [4.78, 5) is 21.9. The van der Waals surface area contributed by atoms with Gasteiger partial charge in [-0.25, -0.2) is 9.97 Å². The van der Waals surface area contributed by atoms with Gasteiger partial charge in [0, 0.05) is 16.5 Å². The number of carbonyl (C=O) groups is 1. The van der Waals surface area contributed by atoms with Crippen LogP contribution in [0.3, 0.4) is 0 Å². The summed E-state index contributed by atoms with van der Waals surface area (Å²) in [6, 6.07) is 27.2. The monoisotopic (exact) mass is 356 g/mol. The molecule has 0 saturated carbocycles. The molecule has 0 aliphatic rings. The average molecular weight is 356 g/mol. The summed E-state index contributed by atoms with van der Waals surface area (Å²) in [7, 11) is 0. The van der Waals surface area contributed by atoms with Crippen molar-refractivity contribution >= 4 is 28.4 Å². The molecule has 3 aromatic carbocycles. The maximum atomic E-state index is 12.4. The van der Waals surface area contributed by atoms with Crippen LogP contribution in [-0.2, 0) is 0 Å². The van der Waals surface area contributed by atoms with E-state index < -0.39 is 0 Å². The van der Waals surface area contributed by atoms with Crippen molar-refractivity contribution in [1.82, 2.24) is 9.97 Å². The lowest BCUT2D eigenvalue weighted by molar-refractivity contribution is 0.102. The molecule has 4 rings (SSSR count). The first-order valence-corrected chi connectivity index (χ1v) is 9.33. The largest absolute Gasteiger partial charge is 0.293 e. The number of benzene rings is 3. The van der Waals surface area contributed by atoms with Gasteiger partial charge in [-0.15, -0.1) is 0 Å². The average Bonchev–Trinajstić information content (AvgIpc) is 2.73. The number of hydrogen-bond acceptors (Lipinski definition) is 4. The molecule has 4 heteroatoms. The number of aromatic nitrogens is 2. The highest BCUT2D eigenvalue weighted by atomic mass is 32.2. The number of carbonyl (C=O) groups excluding carboxylic acids is 1. The maximum absolute atomic E-state index is 12.4. The number of Topliss-reactive ketones (excluding diaryl/α,β-unsaturated/α-hetero) is 1. The van der Waals surface area contributed by atoms with Crippen LogP contribution >= 0.6 is 11.8 Å². The highest BCUT2D eigenvalue weighted by Gasteiger charge is 2.12. The molecule has 26 heavy (non-hydrogen) atoms. The third kappa shape index (κ3) is 3.51. The number of ketones is 1. The zero-order valence-corrected chi connectivity index (χ0v) is 14.8. The van der Waals surface area contributed by atoms with E-state index in [2.05, 4.69) is 4.98 Å². The minimum Gasteiger partial charge on any atom is -0.293 e. The van der Waals surface area contributed by atoms with Gasteiger partial charge in [0.1, 0.15) is 5.03 Å². The van der Waals surface area contributed by atoms with Crippen LogP contribution in [0.2, 0.25) is 0 Å². The molecule has 0 atom stereocenters. The molecule has 1 aromatic heterocycles. The van der Waals surface area contributed by atoms with Crippen molar-refractivity contribution in [3.05, 3.63) is 90.5 Å². The first kappa shape index (κ1) is 16.5. The molecule has 0 saturated heterocycles. The lowest BCUT2D eigenvalue weighted by Crippen LogP contribution is -2.03. The van der Waals surface area contributed by atoms with Gasteiger partial charge >= 0.3 is 0 Å². The Bertz CT molecular complexity index is 1050. The van der Waals surface area contributed by atoms with Crippen LogP contribution in [-0.4, -0.2) is 21.5 Å². The minimum atomic E-state index is 0.0968. The lowest BCUT2D eigenvalue weighted by Gasteiger charge is -2.08. The smallest absolute Gasteiger partial charge is 0.173 e. The Morgan fingerprint density at radius 3 is 2.19 bits per heavy atom. The van der Waals surface area contributed by atoms with Crippen molar-refractivity contribution in [3.8, 4) is 11.4 Å². The molecule has 0 bridgehead atoms. The molecule has 0 spiro atoms. The van der Waals surface area contributed by atoms with Gasteiger partial charge in [0.15, 0.2) is 11.6 Å². The van der Waals surface area contributed by atoms with Crippen molar-refractivity contribution in [1.29, 1.82) is 0 Å². The van der Waals surface area contributed by atoms with Gasteiger partial charge in [0.25, 0.3) is 0 Å². The van der Waals surface area contributed by atoms with Crippen molar-refractivity contribution in [2.45, 2.75) is 5.03 Å². The van der Waals surface area contributed by atoms with Crippen molar-refractivity contribution in [2.24, 2.45) is 0 Å². The van der Waals surface area contributed by atoms with Gasteiger partial charge in [-0.05, 0) is 6.07 Å². The van der Waals surface area contributed by atoms with E-state index in [9.17, 15) is 4.79 Å². The van der Waals surface area contributed by atoms with E-state index in [1.165, 1.54) is 11.8 Å². The number of para-hydroxylation sites is 1. The van der Waals surface area contributed by atoms with Crippen molar-refractivity contribution < 1.29 is 4.79 Å². The third-order valence-electron chi connectivity index (χ3n) is 4.04. The summed E-state index contributed by atoms with van der Waals surface area (Å²) in [6.07, 6.45) is 0. The summed E-state index contributed by atoms with van der Waals surface area (Å²) in [5, 5.41) is 1.80. The van der Waals surface area contributed by atoms with Crippen LogP contribution in [0.1, 0.15) is 10.4 Å². The van der Waals surface area contributed by atoms with Crippen molar-refractivity contribution in [3.63, 3.8) is 0 Å². The first-order chi connectivity index (χ1) is 12.8. The van der Waals surface area contributed by atoms with E-state index >= 15 is 0 Å². The Balaban J connectivity index is 1.68. The van der Waals surface area contributed by atoms with Crippen LogP contribution < -0.4 is 0 Å². The van der Waals surface area contributed by atoms with Crippen LogP contribution in [0.15, 0.2) is 90.0 Å². The molecule has 0 N–H and O–H groups in total. The Kier molecular flexibility index (Phi) is 4.75. The molecule has 0 aliphatic carbocycles. The number of rotatable bonds is 5. The summed E-state index contributed by atoms with van der Waals surface area (Å²) >= 11 is 1.46. The Morgan fingerprint density at radius 2 is 1.42 bits per heavy atom. The molecule has 0 unspecified atom stereocenters. The summed E-state index contributed by atoms with van der Waals surface area (Å²) < 4.78 is 0. The topological polar surface area (TPSA) is 42.9 Å². The van der Waals surface area contributed by atoms with E-state index in [0.717, 1.165) is 27.1 Å². The predicted octanol–water partition coefficient (Wildman–Crippen LogP) is 5.27. The molecule has 3 nitrogen and oxygen atoms in total. The van der Waals surface area contributed by atoms with Gasteiger partial charge in [-0.1, -0.05) is 90.6 Å². The van der Waals surface area contributed by atoms with E-state index in [1.54, 1.807) is 0 Å². The summed E-state index contributed by atoms with van der Waals surface area (Å²) in [5.41, 5.74) is 2.58. The van der Waals surface area contributed by atoms with E-state index in [-0.39, 0.29) is 5.78 Å². The fourth-order valence-corrected chi connectivity index (χ4v) is 3.63. The van der Waals surface area contributed by atoms with Crippen molar-refractivity contribution in [2.75, 3.05) is 5.75 Å². The lowest BCUT2D eigenvalue weighted by atomic mass is 10.2. The number of hydrogen-bond donors (Lipinski definition) is 0. The highest BCUT2D eigenvalue weighted by Crippen LogP contribution is 2.28. The summed E-state index contributed by atoms with van der Waals surface area (Å²) in [6.45, 7) is 0. The van der Waals surface area contributed by atoms with Crippen LogP contribution in [0.4, 0.5) is 0 Å². The molecule has 0 amide bonds. The van der Waals surface area contributed by atoms with E-state index in [0.29, 0.717) is 11.6 Å². The number of nitrogens with zero attached hydrogens (tertiary/aromatic N) is 2. The van der Waals surface area contributed by atoms with Crippen LogP contribution in [0.25, 0.3) is 22.3 Å². The van der Waals surface area contributed by atoms with Gasteiger partial charge in [0.05, 0.1) is 11.3 Å². The molecule has 0 fully saturated rings. The Morgan fingerprint density at radius 1 is 0.769 bits per heavy atom. The molecule has 4 aromatic rings. The van der Waals surface area contributed by atoms with Gasteiger partial charge in [-0.3, -0.25) is 4.79 Å². The fraction of sp³-hybridized carbons (Fsp3) is 0.0455. The van der Waals surface area contributed by atoms with E-state index in [4.69, 9.17) is 4.98 Å². The molecule has 1 heterocycles. The molecular formula is C22H16N2OS. The highest BCUT2D eigenvalue weighted by molar-refractivity contribution is 8.00. The Hall–Kier alpha value is -2.98. The Labute approximate surface area is 156 Å². The van der Waals surface area contributed by atoms with E-state index in [1.807, 2.05) is 84.9 Å². The fourth-order valence-electron chi connectivity index (χ4n) is 2.72. The SMILES string of the molecule is O=C(CSc1nc(-c2ccccc2)nc2ccccc12)c1ccccc1. The standard InChI is InChI=1S/C22H16N2OS/c25-20(16-9-3-1-4-10-16)15-26-22-18-13-7-8-14-19(18)23-21(24-22)17-11-5-2-6-12-17/h1-14H,15H2. The second kappa shape index (κ2) is 7.50. The zero-order chi connectivity index (χ0) is 17.8. The maximum Gasteiger partial charge on any atom is 0.173 e. The number of fused-ring (bicyclic) bond motifs is 1. The third-order valence-corrected chi connectivity index (χ3v) is 5.03. The van der Waals surface area contributed by atoms with Crippen LogP contribution in [0, 0.1) is 0 Å². The first-order valence-electron chi connectivity index (χ1n) is 8.34. The van der Waals surface area contributed by atoms with Crippen LogP contribution in [0.5, 0.6) is 0 Å². The summed E-state index contributed by atoms with van der Waals surface area (Å²) in [5.74, 6) is 1.12. The van der Waals surface area contributed by atoms with Gasteiger partial charge < -0.3 is 0 Å². The normalized spacial score (nSPS) is 10.8. The zero-order valence-electron chi connectivity index (χ0n) is 14.0. The number of thioether (sulfide) groups is 1. The quantitative estimate of drug-likeness (QED) is 0.277. The molecular weight excluding hydrogens is 340 g/mol. The second-order valence-electron chi connectivity index (χ2n) is 5.81. The minimum absolute atomic E-state index is 0.0968. The van der Waals surface area contributed by atoms with Gasteiger partial charge in [-0.2, -0.15) is 0 Å². The second-order valence-corrected chi connectivity index (χ2v) is 6.78. The molecule has 126 valence electrons. The molecule has 0 aliphatic heterocycles. The van der Waals surface area contributed by atoms with Gasteiger partial charge in [0.2, 0.25) is 0 Å².